The molecule has 4 nitrogen and oxygen atoms in total. The SMILES string of the molecule is CC(C)=CCCC(C)=Cc1cc(C)c(COCP(=O)(O)O)s1. The van der Waals surface area contributed by atoms with Gasteiger partial charge in [-0.25, -0.2) is 0 Å². The summed E-state index contributed by atoms with van der Waals surface area (Å²) in [6.45, 7) is 8.56. The maximum Gasteiger partial charge on any atom is 0.350 e. The molecule has 2 N–H and O–H groups in total. The van der Waals surface area contributed by atoms with Gasteiger partial charge in [0, 0.05) is 9.75 Å². The number of thiophene rings is 1. The fraction of sp³-hybridized carbons (Fsp3) is 0.500. The highest BCUT2D eigenvalue weighted by molar-refractivity contribution is 7.51. The molecule has 0 radical (unpaired) electrons. The number of hydrogen-bond acceptors (Lipinski definition) is 3. The maximum atomic E-state index is 10.8. The first-order chi connectivity index (χ1) is 10.2. The normalized spacial score (nSPS) is 12.5. The van der Waals surface area contributed by atoms with Gasteiger partial charge in [-0.3, -0.25) is 4.57 Å². The molecule has 0 atom stereocenters. The van der Waals surface area contributed by atoms with Crippen LogP contribution in [0.15, 0.2) is 23.3 Å². The van der Waals surface area contributed by atoms with Gasteiger partial charge >= 0.3 is 7.60 Å². The van der Waals surface area contributed by atoms with Crippen LogP contribution in [0.25, 0.3) is 6.08 Å². The van der Waals surface area contributed by atoms with Crippen LogP contribution in [0.2, 0.25) is 0 Å². The van der Waals surface area contributed by atoms with Gasteiger partial charge in [-0.2, -0.15) is 0 Å². The molecule has 0 aliphatic rings. The summed E-state index contributed by atoms with van der Waals surface area (Å²) in [4.78, 5) is 19.7. The van der Waals surface area contributed by atoms with Crippen molar-refractivity contribution in [3.63, 3.8) is 0 Å². The quantitative estimate of drug-likeness (QED) is 0.522. The van der Waals surface area contributed by atoms with E-state index in [0.29, 0.717) is 0 Å². The van der Waals surface area contributed by atoms with E-state index >= 15 is 0 Å². The number of ether oxygens (including phenoxy) is 1. The van der Waals surface area contributed by atoms with Gasteiger partial charge in [0.1, 0.15) is 6.35 Å². The lowest BCUT2D eigenvalue weighted by atomic mass is 10.1. The predicted molar refractivity (Wildman–Crippen MR) is 93.1 cm³/mol. The van der Waals surface area contributed by atoms with Crippen LogP contribution in [-0.4, -0.2) is 16.1 Å². The lowest BCUT2D eigenvalue weighted by molar-refractivity contribution is 0.146. The van der Waals surface area contributed by atoms with Crippen LogP contribution in [0, 0.1) is 6.92 Å². The molecule has 0 bridgehead atoms. The highest BCUT2D eigenvalue weighted by atomic mass is 32.1. The minimum absolute atomic E-state index is 0.242. The van der Waals surface area contributed by atoms with Gasteiger partial charge in [-0.05, 0) is 58.2 Å². The monoisotopic (exact) mass is 344 g/mol. The number of allylic oxidation sites excluding steroid dienone is 3. The Balaban J connectivity index is 2.60. The van der Waals surface area contributed by atoms with Gasteiger partial charge in [-0.1, -0.05) is 17.2 Å². The Morgan fingerprint density at radius 1 is 1.36 bits per heavy atom. The fourth-order valence-electron chi connectivity index (χ4n) is 1.92. The molecule has 0 amide bonds. The van der Waals surface area contributed by atoms with Gasteiger partial charge in [-0.15, -0.1) is 11.3 Å². The molecule has 0 aliphatic heterocycles. The molecule has 0 aliphatic carbocycles. The highest BCUT2D eigenvalue weighted by Gasteiger charge is 2.13. The Morgan fingerprint density at radius 3 is 2.64 bits per heavy atom. The molecule has 0 unspecified atom stereocenters. The van der Waals surface area contributed by atoms with Gasteiger partial charge in [0.25, 0.3) is 0 Å². The second-order valence-corrected chi connectivity index (χ2v) is 8.46. The van der Waals surface area contributed by atoms with Gasteiger partial charge < -0.3 is 14.5 Å². The Labute approximate surface area is 136 Å². The standard InChI is InChI=1S/C16H25O4PS/c1-12(2)6-5-7-13(3)8-15-9-14(4)16(22-15)10-20-11-21(17,18)19/h6,8-9H,5,7,10-11H2,1-4H3,(H2,17,18,19). The lowest BCUT2D eigenvalue weighted by Crippen LogP contribution is -1.95. The zero-order valence-corrected chi connectivity index (χ0v) is 15.3. The van der Waals surface area contributed by atoms with Gasteiger partial charge in [0.05, 0.1) is 6.61 Å². The van der Waals surface area contributed by atoms with E-state index in [1.54, 1.807) is 11.3 Å². The van der Waals surface area contributed by atoms with E-state index in [1.807, 2.05) is 6.92 Å². The molecule has 0 saturated carbocycles. The summed E-state index contributed by atoms with van der Waals surface area (Å²) in [5, 5.41) is 0. The van der Waals surface area contributed by atoms with E-state index in [2.05, 4.69) is 39.0 Å². The molecule has 1 rings (SSSR count). The Bertz CT molecular complexity index is 591. The molecule has 0 aromatic carbocycles. The molecule has 124 valence electrons. The van der Waals surface area contributed by atoms with E-state index in [9.17, 15) is 4.57 Å². The van der Waals surface area contributed by atoms with E-state index < -0.39 is 13.9 Å². The molecule has 1 aromatic heterocycles. The second-order valence-electron chi connectivity index (χ2n) is 5.71. The molecule has 0 saturated heterocycles. The van der Waals surface area contributed by atoms with E-state index in [1.165, 1.54) is 11.1 Å². The summed E-state index contributed by atoms with van der Waals surface area (Å²) >= 11 is 1.61. The number of hydrogen-bond donors (Lipinski definition) is 2. The maximum absolute atomic E-state index is 10.8. The molecule has 0 fully saturated rings. The lowest BCUT2D eigenvalue weighted by Gasteiger charge is -2.04. The van der Waals surface area contributed by atoms with Crippen molar-refractivity contribution < 1.29 is 19.1 Å². The smallest absolute Gasteiger partial charge is 0.350 e. The molecular formula is C16H25O4PS. The Kier molecular flexibility index (Phi) is 7.74. The zero-order valence-electron chi connectivity index (χ0n) is 13.6. The topological polar surface area (TPSA) is 66.8 Å². The van der Waals surface area contributed by atoms with Crippen LogP contribution < -0.4 is 0 Å². The third kappa shape index (κ3) is 8.06. The third-order valence-electron chi connectivity index (χ3n) is 3.01. The van der Waals surface area contributed by atoms with Crippen molar-refractivity contribution in [3.8, 4) is 0 Å². The summed E-state index contributed by atoms with van der Waals surface area (Å²) in [6, 6.07) is 2.09. The van der Waals surface area contributed by atoms with Crippen molar-refractivity contribution in [1.29, 1.82) is 0 Å². The van der Waals surface area contributed by atoms with Crippen molar-refractivity contribution in [2.45, 2.75) is 47.1 Å². The number of rotatable bonds is 8. The Morgan fingerprint density at radius 2 is 2.05 bits per heavy atom. The molecule has 0 spiro atoms. The molecule has 22 heavy (non-hydrogen) atoms. The molecule has 1 heterocycles. The third-order valence-corrected chi connectivity index (χ3v) is 4.69. The minimum atomic E-state index is -4.09. The van der Waals surface area contributed by atoms with E-state index in [0.717, 1.165) is 28.2 Å². The van der Waals surface area contributed by atoms with E-state index in [4.69, 9.17) is 14.5 Å². The molecule has 1 aromatic rings. The van der Waals surface area contributed by atoms with Crippen molar-refractivity contribution in [2.75, 3.05) is 6.35 Å². The first-order valence-corrected chi connectivity index (χ1v) is 9.81. The van der Waals surface area contributed by atoms with Crippen LogP contribution in [0.4, 0.5) is 0 Å². The van der Waals surface area contributed by atoms with Crippen molar-refractivity contribution >= 4 is 25.0 Å². The highest BCUT2D eigenvalue weighted by Crippen LogP contribution is 2.35. The van der Waals surface area contributed by atoms with Crippen molar-refractivity contribution in [3.05, 3.63) is 38.6 Å². The second kappa shape index (κ2) is 8.80. The van der Waals surface area contributed by atoms with Crippen LogP contribution in [-0.2, 0) is 15.9 Å². The molecular weight excluding hydrogens is 319 g/mol. The van der Waals surface area contributed by atoms with Crippen LogP contribution in [0.1, 0.15) is 48.9 Å². The number of aryl methyl sites for hydroxylation is 1. The van der Waals surface area contributed by atoms with Crippen molar-refractivity contribution in [2.24, 2.45) is 0 Å². The largest absolute Gasteiger partial charge is 0.363 e. The summed E-state index contributed by atoms with van der Waals surface area (Å²) in [5.74, 6) is 0. The van der Waals surface area contributed by atoms with Crippen molar-refractivity contribution in [1.82, 2.24) is 0 Å². The molecule has 6 heteroatoms. The van der Waals surface area contributed by atoms with Gasteiger partial charge in [0.2, 0.25) is 0 Å². The van der Waals surface area contributed by atoms with Crippen LogP contribution >= 0.6 is 18.9 Å². The average molecular weight is 344 g/mol. The van der Waals surface area contributed by atoms with E-state index in [-0.39, 0.29) is 6.61 Å². The summed E-state index contributed by atoms with van der Waals surface area (Å²) in [6.07, 6.45) is 5.96. The summed E-state index contributed by atoms with van der Waals surface area (Å²) in [7, 11) is -4.09. The van der Waals surface area contributed by atoms with Crippen LogP contribution in [0.3, 0.4) is 0 Å². The zero-order chi connectivity index (χ0) is 16.8. The average Bonchev–Trinajstić information content (AvgIpc) is 2.67. The first-order valence-electron chi connectivity index (χ1n) is 7.19. The fourth-order valence-corrected chi connectivity index (χ4v) is 3.39. The van der Waals surface area contributed by atoms with Gasteiger partial charge in [0.15, 0.2) is 0 Å². The predicted octanol–water partition coefficient (Wildman–Crippen LogP) is 4.86. The Hall–Kier alpha value is -0.710. The minimum Gasteiger partial charge on any atom is -0.363 e. The summed E-state index contributed by atoms with van der Waals surface area (Å²) < 4.78 is 15.9. The summed E-state index contributed by atoms with van der Waals surface area (Å²) in [5.41, 5.74) is 3.75. The first kappa shape index (κ1) is 19.3. The van der Waals surface area contributed by atoms with Crippen LogP contribution in [0.5, 0.6) is 0 Å².